The first-order valence-electron chi connectivity index (χ1n) is 2.90. The molecule has 0 bridgehead atoms. The lowest BCUT2D eigenvalue weighted by molar-refractivity contribution is -0.140. The number of hydrogen-bond donors (Lipinski definition) is 1. The van der Waals surface area contributed by atoms with E-state index in [0.29, 0.717) is 6.42 Å². The van der Waals surface area contributed by atoms with Crippen LogP contribution in [-0.2, 0) is 9.59 Å². The summed E-state index contributed by atoms with van der Waals surface area (Å²) in [6, 6.07) is 0. The third-order valence-corrected chi connectivity index (χ3v) is 0.877. The molecule has 0 spiro atoms. The van der Waals surface area contributed by atoms with Crippen molar-refractivity contribution >= 4 is 21.7 Å². The van der Waals surface area contributed by atoms with Crippen molar-refractivity contribution in [2.75, 3.05) is 0 Å². The number of rotatable bonds is 4. The fourth-order valence-corrected chi connectivity index (χ4v) is 0.536. The molecular weight excluding hydrogens is 151 g/mol. The molecule has 1 unspecified atom stereocenters. The van der Waals surface area contributed by atoms with E-state index >= 15 is 0 Å². The normalized spacial score (nSPS) is 8.10. The summed E-state index contributed by atoms with van der Waals surface area (Å²) in [5.74, 6) is -1.22. The topological polar surface area (TPSA) is 54.4 Å². The van der Waals surface area contributed by atoms with Gasteiger partial charge in [0.1, 0.15) is 12.2 Å². The molecule has 0 fully saturated rings. The Kier molecular flexibility index (Phi) is 8.20. The maximum absolute atomic E-state index is 10.5. The summed E-state index contributed by atoms with van der Waals surface area (Å²) in [5, 5.41) is 8.09. The highest BCUT2D eigenvalue weighted by Gasteiger charge is 2.04. The minimum atomic E-state index is -1.03. The Hall–Kier alpha value is -0.430. The molecule has 0 aliphatic rings. The fourth-order valence-electron chi connectivity index (χ4n) is 0.536. The van der Waals surface area contributed by atoms with Gasteiger partial charge in [0.05, 0.1) is 0 Å². The molecule has 0 amide bonds. The van der Waals surface area contributed by atoms with Crippen molar-refractivity contribution in [3.05, 3.63) is 0 Å². The Bertz CT molecular complexity index is 122. The molecule has 0 aliphatic heterocycles. The second kappa shape index (κ2) is 6.69. The van der Waals surface area contributed by atoms with Gasteiger partial charge in [-0.15, -0.1) is 0 Å². The molecule has 1 atom stereocenters. The molecule has 0 aromatic heterocycles. The van der Waals surface area contributed by atoms with Gasteiger partial charge in [-0.3, -0.25) is 9.59 Å². The molecule has 0 aromatic carbocycles. The summed E-state index contributed by atoms with van der Waals surface area (Å²) in [6.07, 6.45) is 0.784. The predicted molar refractivity (Wildman–Crippen MR) is 43.3 cm³/mol. The zero-order chi connectivity index (χ0) is 7.28. The summed E-state index contributed by atoms with van der Waals surface area (Å²) < 4.78 is 0. The van der Waals surface area contributed by atoms with Crippen LogP contribution in [0.1, 0.15) is 26.2 Å². The van der Waals surface area contributed by atoms with E-state index in [0.717, 1.165) is 6.42 Å². The largest absolute Gasteiger partial charge is 0.481 e. The minimum Gasteiger partial charge on any atom is -0.481 e. The van der Waals surface area contributed by atoms with Crippen molar-refractivity contribution < 1.29 is 14.7 Å². The first kappa shape index (κ1) is 12.3. The van der Waals surface area contributed by atoms with Gasteiger partial charge in [-0.2, -0.15) is 9.90 Å². The van der Waals surface area contributed by atoms with Crippen LogP contribution in [0.25, 0.3) is 0 Å². The van der Waals surface area contributed by atoms with Crippen LogP contribution < -0.4 is 0 Å². The average Bonchev–Trinajstić information content (AvgIpc) is 1.63. The van der Waals surface area contributed by atoms with Crippen molar-refractivity contribution in [2.45, 2.75) is 26.2 Å². The van der Waals surface area contributed by atoms with E-state index in [4.69, 9.17) is 5.11 Å². The van der Waals surface area contributed by atoms with Crippen molar-refractivity contribution in [2.24, 2.45) is 0 Å². The smallest absolute Gasteiger partial charge is 0.310 e. The highest BCUT2D eigenvalue weighted by Crippen LogP contribution is 1.92. The third kappa shape index (κ3) is 7.57. The number of ketones is 1. The molecule has 10 heavy (non-hydrogen) atoms. The maximum atomic E-state index is 10.5. The van der Waals surface area contributed by atoms with Gasteiger partial charge in [-0.1, -0.05) is 6.92 Å². The fraction of sp³-hybridized carbons (Fsp3) is 0.667. The molecule has 4 heteroatoms. The summed E-state index contributed by atoms with van der Waals surface area (Å²) in [5.41, 5.74) is 0. The summed E-state index contributed by atoms with van der Waals surface area (Å²) in [4.78, 5) is 20.3. The number of aliphatic carboxylic acids is 1. The number of Topliss-reactive ketones (excluding diaryl/α,β-unsaturated/α-hetero) is 1. The van der Waals surface area contributed by atoms with Gasteiger partial charge < -0.3 is 5.11 Å². The van der Waals surface area contributed by atoms with E-state index in [-0.39, 0.29) is 22.1 Å². The van der Waals surface area contributed by atoms with E-state index in [1.165, 1.54) is 0 Å². The monoisotopic (exact) mass is 164 g/mol. The van der Waals surface area contributed by atoms with Crippen molar-refractivity contribution in [1.29, 1.82) is 0 Å². The van der Waals surface area contributed by atoms with Crippen molar-refractivity contribution in [3.63, 3.8) is 0 Å². The highest BCUT2D eigenvalue weighted by molar-refractivity contribution is 6.92. The second-order valence-corrected chi connectivity index (χ2v) is 1.86. The van der Waals surface area contributed by atoms with E-state index < -0.39 is 5.97 Å². The van der Waals surface area contributed by atoms with Crippen LogP contribution in [0.4, 0.5) is 0 Å². The number of carboxylic acids is 1. The van der Waals surface area contributed by atoms with E-state index in [1.54, 1.807) is 0 Å². The van der Waals surface area contributed by atoms with Gasteiger partial charge in [-0.05, 0) is 6.42 Å². The van der Waals surface area contributed by atoms with Crippen LogP contribution in [0.3, 0.4) is 0 Å². The predicted octanol–water partition coefficient (Wildman–Crippen LogP) is 0.888. The van der Waals surface area contributed by atoms with Gasteiger partial charge in [0.2, 0.25) is 0 Å². The molecule has 0 aliphatic carbocycles. The number of carboxylic acid groups (broad SMARTS) is 1. The molecule has 0 saturated carbocycles. The highest BCUT2D eigenvalue weighted by atomic mass is 31.0. The number of carbonyl (C=O) groups is 2. The van der Waals surface area contributed by atoms with Crippen LogP contribution in [-0.4, -0.2) is 16.9 Å². The lowest BCUT2D eigenvalue weighted by Crippen LogP contribution is -2.05. The van der Waals surface area contributed by atoms with Crippen LogP contribution in [0, 0.1) is 0 Å². The molecular formula is C6H13O3P. The third-order valence-electron chi connectivity index (χ3n) is 0.877. The Morgan fingerprint density at radius 3 is 2.20 bits per heavy atom. The van der Waals surface area contributed by atoms with Gasteiger partial charge in [0.15, 0.2) is 0 Å². The second-order valence-electron chi connectivity index (χ2n) is 1.86. The summed E-state index contributed by atoms with van der Waals surface area (Å²) in [7, 11) is 0. The quantitative estimate of drug-likeness (QED) is 0.495. The summed E-state index contributed by atoms with van der Waals surface area (Å²) in [6.45, 7) is 1.85. The Labute approximate surface area is 63.4 Å². The first-order chi connectivity index (χ1) is 4.16. The van der Waals surface area contributed by atoms with E-state index in [9.17, 15) is 9.59 Å². The van der Waals surface area contributed by atoms with Crippen LogP contribution >= 0.6 is 9.90 Å². The van der Waals surface area contributed by atoms with Gasteiger partial charge in [0, 0.05) is 6.42 Å². The zero-order valence-corrected chi connectivity index (χ0v) is 7.51. The lowest BCUT2D eigenvalue weighted by atomic mass is 10.2. The molecule has 0 saturated heterocycles. The molecule has 3 nitrogen and oxygen atoms in total. The summed E-state index contributed by atoms with van der Waals surface area (Å²) >= 11 is 0. The SMILES string of the molecule is CCCC(=O)CC(=O)O.P. The Balaban J connectivity index is 0. The standard InChI is InChI=1S/C6H10O3.H3P/c1-2-3-5(7)4-6(8)9;/h2-4H2,1H3,(H,8,9);1H3. The van der Waals surface area contributed by atoms with Gasteiger partial charge in [0.25, 0.3) is 0 Å². The number of carbonyl (C=O) groups excluding carboxylic acids is 1. The number of hydrogen-bond acceptors (Lipinski definition) is 2. The first-order valence-corrected chi connectivity index (χ1v) is 2.90. The molecule has 0 aromatic rings. The molecule has 0 heterocycles. The van der Waals surface area contributed by atoms with Crippen LogP contribution in [0.15, 0.2) is 0 Å². The molecule has 0 rings (SSSR count). The van der Waals surface area contributed by atoms with E-state index in [1.807, 2.05) is 6.92 Å². The average molecular weight is 164 g/mol. The van der Waals surface area contributed by atoms with Crippen molar-refractivity contribution in [1.82, 2.24) is 0 Å². The van der Waals surface area contributed by atoms with Gasteiger partial charge >= 0.3 is 5.97 Å². The molecule has 1 N–H and O–H groups in total. The Morgan fingerprint density at radius 1 is 1.40 bits per heavy atom. The Morgan fingerprint density at radius 2 is 1.90 bits per heavy atom. The zero-order valence-electron chi connectivity index (χ0n) is 6.09. The van der Waals surface area contributed by atoms with Crippen molar-refractivity contribution in [3.8, 4) is 0 Å². The van der Waals surface area contributed by atoms with Gasteiger partial charge in [-0.25, -0.2) is 0 Å². The maximum Gasteiger partial charge on any atom is 0.310 e. The van der Waals surface area contributed by atoms with Crippen LogP contribution in [0.5, 0.6) is 0 Å². The molecule has 60 valence electrons. The lowest BCUT2D eigenvalue weighted by Gasteiger charge is -1.90. The molecule has 0 radical (unpaired) electrons. The van der Waals surface area contributed by atoms with E-state index in [2.05, 4.69) is 0 Å². The van der Waals surface area contributed by atoms with Crippen LogP contribution in [0.2, 0.25) is 0 Å². The minimum absolute atomic E-state index is 0.